The first-order valence-electron chi connectivity index (χ1n) is 15.0. The Bertz CT molecular complexity index is 1820. The van der Waals surface area contributed by atoms with Gasteiger partial charge in [0, 0.05) is 53.4 Å². The maximum Gasteiger partial charge on any atom is 0.218 e. The van der Waals surface area contributed by atoms with Crippen LogP contribution in [0.25, 0.3) is 44.6 Å². The van der Waals surface area contributed by atoms with E-state index in [1.54, 1.807) is 12.1 Å². The largest absolute Gasteiger partial charge is 0.439 e. The molecule has 3 nitrogen and oxygen atoms in total. The average Bonchev–Trinajstić information content (AvgIpc) is 3.34. The molecule has 0 saturated carbocycles. The first kappa shape index (κ1) is 20.6. The van der Waals surface area contributed by atoms with Crippen LogP contribution in [0.2, 0.25) is 19.6 Å². The maximum atomic E-state index is 7.28. The number of aryl methyl sites for hydroxylation is 2. The van der Waals surface area contributed by atoms with Gasteiger partial charge in [0.25, 0.3) is 0 Å². The second-order valence-corrected chi connectivity index (χ2v) is 14.8. The molecule has 1 radical (unpaired) electrons. The minimum absolute atomic E-state index is 0. The molecule has 0 bridgehead atoms. The molecule has 0 amide bonds. The molecule has 38 heavy (non-hydrogen) atoms. The van der Waals surface area contributed by atoms with Crippen LogP contribution in [-0.2, 0) is 20.1 Å². The number of hydrogen-bond acceptors (Lipinski definition) is 3. The van der Waals surface area contributed by atoms with Gasteiger partial charge >= 0.3 is 0 Å². The Hall–Kier alpha value is -3.37. The summed E-state index contributed by atoms with van der Waals surface area (Å²) in [6, 6.07) is 32.3. The van der Waals surface area contributed by atoms with E-state index in [-0.39, 0.29) is 31.2 Å². The van der Waals surface area contributed by atoms with Gasteiger partial charge in [0.05, 0.1) is 0 Å². The van der Waals surface area contributed by atoms with Crippen molar-refractivity contribution in [2.45, 2.75) is 33.3 Å². The quantitative estimate of drug-likeness (QED) is 0.139. The Balaban J connectivity index is 0.000000199. The molecule has 0 aliphatic rings. The van der Waals surface area contributed by atoms with E-state index >= 15 is 0 Å². The van der Waals surface area contributed by atoms with Crippen LogP contribution in [0.3, 0.4) is 0 Å². The molecule has 0 spiro atoms. The van der Waals surface area contributed by atoms with Gasteiger partial charge in [-0.2, -0.15) is 0 Å². The summed E-state index contributed by atoms with van der Waals surface area (Å²) in [5, 5.41) is 3.56. The van der Waals surface area contributed by atoms with E-state index in [4.69, 9.17) is 17.6 Å². The van der Waals surface area contributed by atoms with E-state index in [1.807, 2.05) is 24.3 Å². The zero-order chi connectivity index (χ0) is 31.0. The average molecular weight is 697 g/mol. The third kappa shape index (κ3) is 6.02. The van der Waals surface area contributed by atoms with Gasteiger partial charge in [-0.15, -0.1) is 70.4 Å². The standard InChI is InChI=1S/C20H18NOSi.C13H12N.Ir/c1-23(2,3)19-11-7-5-9-16(19)17-13-12-15-14-8-4-6-10-18(14)22-20(15)21-17;1-10-3-6-12(7-4-10)13-8-5-11(2)9-14-13;/h4-8,10-13H,1-3H3;3-6,8-9H,1-2H3;/q2*-1;/i;1D3,2D3;. The van der Waals surface area contributed by atoms with Crippen LogP contribution in [0.4, 0.5) is 0 Å². The first-order valence-corrected chi connectivity index (χ1v) is 15.5. The van der Waals surface area contributed by atoms with Crippen molar-refractivity contribution in [3.63, 3.8) is 0 Å². The van der Waals surface area contributed by atoms with Gasteiger partial charge in [-0.1, -0.05) is 69.0 Å². The molecule has 0 fully saturated rings. The number of furan rings is 1. The van der Waals surface area contributed by atoms with Gasteiger partial charge in [-0.3, -0.25) is 4.98 Å². The van der Waals surface area contributed by atoms with Crippen LogP contribution in [0.1, 0.15) is 19.4 Å². The zero-order valence-electron chi connectivity index (χ0n) is 27.3. The summed E-state index contributed by atoms with van der Waals surface area (Å²) < 4.78 is 49.6. The number of para-hydroxylation sites is 1. The van der Waals surface area contributed by atoms with E-state index < -0.39 is 21.8 Å². The zero-order valence-corrected chi connectivity index (χ0v) is 24.7. The monoisotopic (exact) mass is 697 g/mol. The number of nitrogens with zero attached hydrogens (tertiary/aromatic N) is 2. The Morgan fingerprint density at radius 1 is 0.789 bits per heavy atom. The number of fused-ring (bicyclic) bond motifs is 3. The van der Waals surface area contributed by atoms with Crippen molar-refractivity contribution < 1.29 is 32.7 Å². The Labute approximate surface area is 247 Å². The first-order chi connectivity index (χ1) is 20.2. The van der Waals surface area contributed by atoms with Crippen molar-refractivity contribution in [3.8, 4) is 22.5 Å². The smallest absolute Gasteiger partial charge is 0.218 e. The van der Waals surface area contributed by atoms with Crippen LogP contribution in [0, 0.1) is 25.8 Å². The topological polar surface area (TPSA) is 38.9 Å². The molecule has 5 heteroatoms. The maximum absolute atomic E-state index is 7.28. The molecule has 3 aromatic carbocycles. The van der Waals surface area contributed by atoms with Gasteiger partial charge < -0.3 is 9.40 Å². The van der Waals surface area contributed by atoms with Crippen molar-refractivity contribution in [1.29, 1.82) is 0 Å². The van der Waals surface area contributed by atoms with Gasteiger partial charge in [0.15, 0.2) is 0 Å². The number of rotatable bonds is 3. The van der Waals surface area contributed by atoms with Gasteiger partial charge in [0.2, 0.25) is 5.71 Å². The van der Waals surface area contributed by atoms with Crippen molar-refractivity contribution >= 4 is 35.3 Å². The molecule has 0 aliphatic carbocycles. The van der Waals surface area contributed by atoms with Crippen molar-refractivity contribution in [2.24, 2.45) is 0 Å². The van der Waals surface area contributed by atoms with E-state index in [0.29, 0.717) is 17.0 Å². The molecule has 0 unspecified atom stereocenters. The summed E-state index contributed by atoms with van der Waals surface area (Å²) in [4.78, 5) is 8.86. The molecule has 3 aromatic heterocycles. The molecule has 0 saturated heterocycles. The number of pyridine rings is 2. The van der Waals surface area contributed by atoms with Crippen LogP contribution in [0.15, 0.2) is 95.5 Å². The van der Waals surface area contributed by atoms with Crippen LogP contribution in [-0.4, -0.2) is 18.0 Å². The molecule has 0 aliphatic heterocycles. The molecule has 6 aromatic rings. The fourth-order valence-electron chi connectivity index (χ4n) is 4.16. The predicted octanol–water partition coefficient (Wildman–Crippen LogP) is 8.16. The molecule has 3 heterocycles. The second kappa shape index (κ2) is 11.6. The third-order valence-corrected chi connectivity index (χ3v) is 8.05. The van der Waals surface area contributed by atoms with E-state index in [9.17, 15) is 0 Å². The summed E-state index contributed by atoms with van der Waals surface area (Å²) in [5.41, 5.74) is 5.17. The van der Waals surface area contributed by atoms with Crippen molar-refractivity contribution in [2.75, 3.05) is 0 Å². The molecule has 193 valence electrons. The fraction of sp³-hybridized carbons (Fsp3) is 0.152. The van der Waals surface area contributed by atoms with Gasteiger partial charge in [-0.05, 0) is 29.9 Å². The molecular formula is C33H30IrN2OSi-2. The summed E-state index contributed by atoms with van der Waals surface area (Å²) in [7, 11) is -1.46. The fourth-order valence-corrected chi connectivity index (χ4v) is 5.70. The normalized spacial score (nSPS) is 14.1. The third-order valence-electron chi connectivity index (χ3n) is 6.02. The number of hydrogen-bond donors (Lipinski definition) is 0. The van der Waals surface area contributed by atoms with Crippen molar-refractivity contribution in [3.05, 3.63) is 114 Å². The molecule has 0 N–H and O–H groups in total. The summed E-state index contributed by atoms with van der Waals surface area (Å²) in [5.74, 6) is 0. The number of aromatic nitrogens is 2. The Morgan fingerprint density at radius 3 is 2.29 bits per heavy atom. The summed E-state index contributed by atoms with van der Waals surface area (Å²) >= 11 is 0. The Morgan fingerprint density at radius 2 is 1.58 bits per heavy atom. The van der Waals surface area contributed by atoms with Crippen LogP contribution in [0.5, 0.6) is 0 Å². The Kier molecular flexibility index (Phi) is 6.26. The van der Waals surface area contributed by atoms with Crippen LogP contribution >= 0.6 is 0 Å². The SMILES string of the molecule is C[Si](C)(C)c1ccc[c-]c1-c1ccc2c(n1)oc1ccccc12.[2H]C([2H])([2H])c1c[c-]c(-c2ccc(C([2H])([2H])[2H])cn2)cc1.[Ir]. The van der Waals surface area contributed by atoms with Gasteiger partial charge in [-0.25, -0.2) is 0 Å². The molecule has 6 rings (SSSR count). The molecule has 0 atom stereocenters. The minimum Gasteiger partial charge on any atom is -0.439 e. The number of benzene rings is 3. The van der Waals surface area contributed by atoms with Crippen LogP contribution < -0.4 is 5.19 Å². The van der Waals surface area contributed by atoms with E-state index in [0.717, 1.165) is 27.6 Å². The molecular weight excluding hydrogens is 661 g/mol. The van der Waals surface area contributed by atoms with E-state index in [2.05, 4.69) is 67.1 Å². The van der Waals surface area contributed by atoms with Crippen molar-refractivity contribution in [1.82, 2.24) is 9.97 Å². The second-order valence-electron chi connectivity index (χ2n) is 9.78. The summed E-state index contributed by atoms with van der Waals surface area (Å²) in [6.07, 6.45) is 1.30. The minimum atomic E-state index is -2.18. The van der Waals surface area contributed by atoms with E-state index in [1.165, 1.54) is 29.6 Å². The summed E-state index contributed by atoms with van der Waals surface area (Å²) in [6.45, 7) is 2.70. The van der Waals surface area contributed by atoms with Gasteiger partial charge in [0.1, 0.15) is 5.58 Å². The predicted molar refractivity (Wildman–Crippen MR) is 157 cm³/mol.